The van der Waals surface area contributed by atoms with Crippen molar-refractivity contribution in [1.29, 1.82) is 0 Å². The molecular weight excluding hydrogens is 332 g/mol. The Labute approximate surface area is 152 Å². The molecule has 0 amide bonds. The molecule has 1 aliphatic rings. The fourth-order valence-electron chi connectivity index (χ4n) is 3.50. The second-order valence-corrected chi connectivity index (χ2v) is 6.65. The normalized spacial score (nSPS) is 15.7. The maximum Gasteiger partial charge on any atom is 0.226 e. The van der Waals surface area contributed by atoms with E-state index in [-0.39, 0.29) is 11.7 Å². The summed E-state index contributed by atoms with van der Waals surface area (Å²) in [6.45, 7) is 3.65. The average molecular weight is 351 g/mol. The lowest BCUT2D eigenvalue weighted by molar-refractivity contribution is 0.363. The lowest BCUT2D eigenvalue weighted by Gasteiger charge is -2.32. The topological polar surface area (TPSA) is 67.9 Å². The summed E-state index contributed by atoms with van der Waals surface area (Å²) in [6.07, 6.45) is 5.06. The maximum atomic E-state index is 13.8. The van der Waals surface area contributed by atoms with Gasteiger partial charge in [0.25, 0.3) is 0 Å². The summed E-state index contributed by atoms with van der Waals surface area (Å²) >= 11 is 0. The van der Waals surface area contributed by atoms with Crippen molar-refractivity contribution in [2.45, 2.75) is 38.5 Å². The minimum atomic E-state index is -0.379. The molecule has 4 rings (SSSR count). The fraction of sp³-hybridized carbons (Fsp3) is 0.444. The molecule has 1 aliphatic heterocycles. The molecule has 1 aromatic carbocycles. The van der Waals surface area contributed by atoms with Gasteiger partial charge in [0.05, 0.1) is 5.52 Å². The van der Waals surface area contributed by atoms with Gasteiger partial charge in [-0.15, -0.1) is 0 Å². The first kappa shape index (κ1) is 16.9. The number of hydrogen-bond acceptors (Lipinski definition) is 6. The van der Waals surface area contributed by atoms with Crippen LogP contribution in [0.4, 0.5) is 10.2 Å². The molecule has 8 heteroatoms. The Hall–Kier alpha value is -2.51. The van der Waals surface area contributed by atoms with Crippen LogP contribution in [0.25, 0.3) is 10.9 Å². The molecule has 0 N–H and O–H groups in total. The third kappa shape index (κ3) is 3.16. The highest BCUT2D eigenvalue weighted by Gasteiger charge is 2.26. The van der Waals surface area contributed by atoms with Gasteiger partial charge in [-0.2, -0.15) is 4.98 Å². The van der Waals surface area contributed by atoms with E-state index in [0.717, 1.165) is 50.4 Å². The van der Waals surface area contributed by atoms with E-state index in [0.29, 0.717) is 22.3 Å². The zero-order chi connectivity index (χ0) is 18.1. The van der Waals surface area contributed by atoms with Crippen LogP contribution in [-0.2, 0) is 6.42 Å². The van der Waals surface area contributed by atoms with E-state index in [2.05, 4.69) is 31.9 Å². The SMILES string of the molecule is [B]c1cc(F)cc2c(N3CCC(c4noc(CCC)n4)CC3)ncnc12. The molecule has 2 radical (unpaired) electrons. The Balaban J connectivity index is 1.54. The third-order valence-electron chi connectivity index (χ3n) is 4.82. The molecule has 0 atom stereocenters. The summed E-state index contributed by atoms with van der Waals surface area (Å²) in [7, 11) is 5.90. The second-order valence-electron chi connectivity index (χ2n) is 6.65. The Morgan fingerprint density at radius 3 is 2.85 bits per heavy atom. The van der Waals surface area contributed by atoms with Crippen LogP contribution >= 0.6 is 0 Å². The van der Waals surface area contributed by atoms with Crippen molar-refractivity contribution in [2.24, 2.45) is 0 Å². The molecule has 0 bridgehead atoms. The molecule has 1 saturated heterocycles. The van der Waals surface area contributed by atoms with E-state index in [9.17, 15) is 4.39 Å². The monoisotopic (exact) mass is 351 g/mol. The van der Waals surface area contributed by atoms with Gasteiger partial charge >= 0.3 is 0 Å². The van der Waals surface area contributed by atoms with E-state index in [4.69, 9.17) is 12.4 Å². The van der Waals surface area contributed by atoms with Crippen molar-refractivity contribution in [3.63, 3.8) is 0 Å². The number of benzene rings is 1. The maximum absolute atomic E-state index is 13.8. The number of piperidine rings is 1. The smallest absolute Gasteiger partial charge is 0.226 e. The van der Waals surface area contributed by atoms with Crippen LogP contribution in [0.1, 0.15) is 43.8 Å². The summed E-state index contributed by atoms with van der Waals surface area (Å²) in [5.74, 6) is 2.11. The second kappa shape index (κ2) is 7.01. The van der Waals surface area contributed by atoms with E-state index >= 15 is 0 Å². The highest BCUT2D eigenvalue weighted by molar-refractivity contribution is 6.38. The van der Waals surface area contributed by atoms with Gasteiger partial charge in [-0.05, 0) is 31.4 Å². The number of nitrogens with zero attached hydrogens (tertiary/aromatic N) is 5. The number of aryl methyl sites for hydroxylation is 1. The standard InChI is InChI=1S/C18H19BFN5O/c1-2-3-15-23-17(24-26-15)11-4-6-25(7-5-11)18-13-8-12(20)9-14(19)16(13)21-10-22-18/h8-11H,2-7H2,1H3. The van der Waals surface area contributed by atoms with Crippen LogP contribution in [0.2, 0.25) is 0 Å². The van der Waals surface area contributed by atoms with Crippen LogP contribution in [0.5, 0.6) is 0 Å². The van der Waals surface area contributed by atoms with Gasteiger partial charge in [0, 0.05) is 30.8 Å². The first-order chi connectivity index (χ1) is 12.7. The van der Waals surface area contributed by atoms with Gasteiger partial charge < -0.3 is 9.42 Å². The minimum absolute atomic E-state index is 0.274. The summed E-state index contributed by atoms with van der Waals surface area (Å²) in [5.41, 5.74) is 0.912. The molecule has 0 aliphatic carbocycles. The van der Waals surface area contributed by atoms with Crippen LogP contribution < -0.4 is 10.4 Å². The van der Waals surface area contributed by atoms with Crippen LogP contribution in [0, 0.1) is 5.82 Å². The first-order valence-corrected chi connectivity index (χ1v) is 8.93. The quantitative estimate of drug-likeness (QED) is 0.672. The van der Waals surface area contributed by atoms with E-state index in [1.807, 2.05) is 0 Å². The Morgan fingerprint density at radius 1 is 1.27 bits per heavy atom. The number of fused-ring (bicyclic) bond motifs is 1. The molecule has 6 nitrogen and oxygen atoms in total. The number of halogens is 1. The summed E-state index contributed by atoms with van der Waals surface area (Å²) < 4.78 is 19.1. The molecule has 3 heterocycles. The molecular formula is C18H19BFN5O. The summed E-state index contributed by atoms with van der Waals surface area (Å²) in [6, 6.07) is 2.73. The van der Waals surface area contributed by atoms with Crippen molar-refractivity contribution >= 4 is 30.0 Å². The van der Waals surface area contributed by atoms with Gasteiger partial charge in [-0.3, -0.25) is 0 Å². The van der Waals surface area contributed by atoms with Crippen molar-refractivity contribution in [1.82, 2.24) is 20.1 Å². The molecule has 26 heavy (non-hydrogen) atoms. The van der Waals surface area contributed by atoms with Gasteiger partial charge in [-0.25, -0.2) is 14.4 Å². The Bertz CT molecular complexity index is 923. The molecule has 132 valence electrons. The van der Waals surface area contributed by atoms with Crippen molar-refractivity contribution in [3.05, 3.63) is 36.0 Å². The van der Waals surface area contributed by atoms with Crippen molar-refractivity contribution in [3.8, 4) is 0 Å². The van der Waals surface area contributed by atoms with E-state index in [1.165, 1.54) is 18.5 Å². The van der Waals surface area contributed by atoms with Gasteiger partial charge in [0.1, 0.15) is 25.8 Å². The summed E-state index contributed by atoms with van der Waals surface area (Å²) in [5, 5.41) is 4.78. The highest BCUT2D eigenvalue weighted by atomic mass is 19.1. The van der Waals surface area contributed by atoms with Crippen LogP contribution in [0.3, 0.4) is 0 Å². The van der Waals surface area contributed by atoms with Gasteiger partial charge in [-0.1, -0.05) is 17.5 Å². The lowest BCUT2D eigenvalue weighted by atomic mass is 9.92. The predicted molar refractivity (Wildman–Crippen MR) is 97.4 cm³/mol. The fourth-order valence-corrected chi connectivity index (χ4v) is 3.50. The zero-order valence-electron chi connectivity index (χ0n) is 14.7. The number of rotatable bonds is 4. The van der Waals surface area contributed by atoms with E-state index < -0.39 is 0 Å². The molecule has 0 spiro atoms. The minimum Gasteiger partial charge on any atom is -0.356 e. The van der Waals surface area contributed by atoms with Crippen LogP contribution in [0.15, 0.2) is 23.0 Å². The number of aromatic nitrogens is 4. The number of anilines is 1. The Kier molecular flexibility index (Phi) is 4.57. The largest absolute Gasteiger partial charge is 0.356 e. The van der Waals surface area contributed by atoms with E-state index in [1.54, 1.807) is 0 Å². The molecule has 3 aromatic rings. The third-order valence-corrected chi connectivity index (χ3v) is 4.82. The van der Waals surface area contributed by atoms with Crippen molar-refractivity contribution in [2.75, 3.05) is 18.0 Å². The summed E-state index contributed by atoms with van der Waals surface area (Å²) in [4.78, 5) is 15.2. The van der Waals surface area contributed by atoms with Crippen LogP contribution in [-0.4, -0.2) is 41.0 Å². The predicted octanol–water partition coefficient (Wildman–Crippen LogP) is 2.28. The number of hydrogen-bond donors (Lipinski definition) is 0. The highest BCUT2D eigenvalue weighted by Crippen LogP contribution is 2.31. The molecule has 0 saturated carbocycles. The molecule has 2 aromatic heterocycles. The van der Waals surface area contributed by atoms with Gasteiger partial charge in [0.15, 0.2) is 5.82 Å². The first-order valence-electron chi connectivity index (χ1n) is 8.93. The zero-order valence-corrected chi connectivity index (χ0v) is 14.7. The average Bonchev–Trinajstić information content (AvgIpc) is 3.10. The van der Waals surface area contributed by atoms with Crippen molar-refractivity contribution < 1.29 is 8.91 Å². The molecule has 0 unspecified atom stereocenters. The van der Waals surface area contributed by atoms with Gasteiger partial charge in [0.2, 0.25) is 5.89 Å². The Morgan fingerprint density at radius 2 is 2.08 bits per heavy atom. The lowest BCUT2D eigenvalue weighted by Crippen LogP contribution is -2.34. The molecule has 1 fully saturated rings.